The maximum absolute atomic E-state index is 13.9. The van der Waals surface area contributed by atoms with E-state index in [0.29, 0.717) is 37.2 Å². The summed E-state index contributed by atoms with van der Waals surface area (Å²) in [5.74, 6) is -0.189. The number of carbonyl (C=O) groups is 3. The second-order valence-corrected chi connectivity index (χ2v) is 9.94. The van der Waals surface area contributed by atoms with Gasteiger partial charge in [-0.05, 0) is 49.3 Å². The van der Waals surface area contributed by atoms with Crippen LogP contribution in [0.2, 0.25) is 0 Å². The molecule has 4 bridgehead atoms. The fraction of sp³-hybridized carbons (Fsp3) is 0.625. The van der Waals surface area contributed by atoms with Gasteiger partial charge < -0.3 is 14.2 Å². The molecule has 2 saturated carbocycles. The quantitative estimate of drug-likeness (QED) is 0.652. The van der Waals surface area contributed by atoms with Gasteiger partial charge in [0.05, 0.1) is 32.4 Å². The van der Waals surface area contributed by atoms with Crippen LogP contribution in [0.3, 0.4) is 0 Å². The fourth-order valence-electron chi connectivity index (χ4n) is 8.50. The third kappa shape index (κ3) is 1.86. The number of nitrogens with zero attached hydrogens (tertiary/aromatic N) is 2. The molecular formula is C24H28N2O6. The monoisotopic (exact) mass is 440 g/mol. The van der Waals surface area contributed by atoms with Crippen LogP contribution in [0.4, 0.5) is 10.5 Å². The number of hydrogen-bond donors (Lipinski definition) is 0. The van der Waals surface area contributed by atoms with Crippen molar-refractivity contribution in [2.45, 2.75) is 49.1 Å². The molecule has 1 amide bonds. The number of ether oxygens (including phenoxy) is 3. The number of methoxy groups -OCH3 is 3. The average molecular weight is 440 g/mol. The van der Waals surface area contributed by atoms with Crippen molar-refractivity contribution in [3.05, 3.63) is 23.8 Å². The van der Waals surface area contributed by atoms with E-state index in [4.69, 9.17) is 14.2 Å². The predicted molar refractivity (Wildman–Crippen MR) is 114 cm³/mol. The summed E-state index contributed by atoms with van der Waals surface area (Å²) >= 11 is 0. The van der Waals surface area contributed by atoms with Gasteiger partial charge in [-0.25, -0.2) is 9.59 Å². The van der Waals surface area contributed by atoms with E-state index in [1.807, 2.05) is 12.1 Å². The van der Waals surface area contributed by atoms with Crippen LogP contribution in [-0.2, 0) is 24.5 Å². The minimum atomic E-state index is -1.35. The molecule has 0 radical (unpaired) electrons. The van der Waals surface area contributed by atoms with Crippen molar-refractivity contribution in [3.8, 4) is 5.75 Å². The Kier molecular flexibility index (Phi) is 3.91. The van der Waals surface area contributed by atoms with E-state index in [1.165, 1.54) is 19.1 Å². The predicted octanol–water partition coefficient (Wildman–Crippen LogP) is 2.28. The highest BCUT2D eigenvalue weighted by atomic mass is 16.6. The Morgan fingerprint density at radius 3 is 2.62 bits per heavy atom. The van der Waals surface area contributed by atoms with E-state index in [2.05, 4.69) is 4.90 Å². The number of anilines is 1. The lowest BCUT2D eigenvalue weighted by atomic mass is 9.41. The van der Waals surface area contributed by atoms with Gasteiger partial charge in [0.15, 0.2) is 5.54 Å². The average Bonchev–Trinajstić information content (AvgIpc) is 3.28. The molecule has 0 aromatic heterocycles. The number of amides is 1. The molecule has 8 nitrogen and oxygen atoms in total. The van der Waals surface area contributed by atoms with Crippen LogP contribution in [0.15, 0.2) is 18.2 Å². The highest BCUT2D eigenvalue weighted by molar-refractivity contribution is 6.08. The Balaban J connectivity index is 1.76. The molecule has 3 heterocycles. The molecule has 0 N–H and O–H groups in total. The second kappa shape index (κ2) is 6.25. The van der Waals surface area contributed by atoms with Crippen molar-refractivity contribution in [1.29, 1.82) is 0 Å². The van der Waals surface area contributed by atoms with Crippen LogP contribution in [-0.4, -0.2) is 68.7 Å². The van der Waals surface area contributed by atoms with Gasteiger partial charge in [-0.15, -0.1) is 0 Å². The number of para-hydroxylation sites is 1. The summed E-state index contributed by atoms with van der Waals surface area (Å²) in [6.45, 7) is 1.50. The molecule has 8 heteroatoms. The van der Waals surface area contributed by atoms with Crippen molar-refractivity contribution < 1.29 is 28.6 Å². The molecule has 5 aliphatic rings. The zero-order chi connectivity index (χ0) is 22.5. The summed E-state index contributed by atoms with van der Waals surface area (Å²) in [7, 11) is 4.23. The second-order valence-electron chi connectivity index (χ2n) is 9.94. The number of ketones is 1. The van der Waals surface area contributed by atoms with E-state index in [1.54, 1.807) is 13.2 Å². The Morgan fingerprint density at radius 1 is 1.09 bits per heavy atom. The van der Waals surface area contributed by atoms with Crippen molar-refractivity contribution in [2.24, 2.45) is 11.3 Å². The first-order valence-electron chi connectivity index (χ1n) is 11.3. The van der Waals surface area contributed by atoms with Gasteiger partial charge in [-0.3, -0.25) is 14.6 Å². The number of benzene rings is 1. The first-order chi connectivity index (χ1) is 15.4. The summed E-state index contributed by atoms with van der Waals surface area (Å²) in [4.78, 5) is 44.9. The Labute approximate surface area is 186 Å². The van der Waals surface area contributed by atoms with Crippen LogP contribution in [0.5, 0.6) is 5.75 Å². The van der Waals surface area contributed by atoms with Crippen LogP contribution < -0.4 is 9.64 Å². The number of Topliss-reactive ketones (excluding diaryl/α,β-unsaturated/α-hetero) is 1. The summed E-state index contributed by atoms with van der Waals surface area (Å²) in [5, 5.41) is 0. The van der Waals surface area contributed by atoms with Crippen molar-refractivity contribution in [1.82, 2.24) is 4.90 Å². The molecule has 1 spiro atoms. The summed E-state index contributed by atoms with van der Waals surface area (Å²) in [5.41, 5.74) is -1.05. The maximum atomic E-state index is 13.9. The van der Waals surface area contributed by atoms with E-state index in [0.717, 1.165) is 24.9 Å². The first kappa shape index (κ1) is 20.0. The summed E-state index contributed by atoms with van der Waals surface area (Å²) in [6.07, 6.45) is 3.04. The van der Waals surface area contributed by atoms with Crippen LogP contribution >= 0.6 is 0 Å². The lowest BCUT2D eigenvalue weighted by molar-refractivity contribution is -0.166. The molecular weight excluding hydrogens is 412 g/mol. The van der Waals surface area contributed by atoms with Crippen molar-refractivity contribution >= 4 is 23.5 Å². The lowest BCUT2D eigenvalue weighted by Gasteiger charge is -2.64. The van der Waals surface area contributed by atoms with Crippen molar-refractivity contribution in [3.63, 3.8) is 0 Å². The molecule has 3 aliphatic heterocycles. The van der Waals surface area contributed by atoms with E-state index in [9.17, 15) is 14.4 Å². The van der Waals surface area contributed by atoms with Gasteiger partial charge in [0.2, 0.25) is 0 Å². The minimum absolute atomic E-state index is 0.0141. The van der Waals surface area contributed by atoms with Gasteiger partial charge in [0.25, 0.3) is 0 Å². The lowest BCUT2D eigenvalue weighted by Crippen LogP contribution is -2.78. The number of piperidine rings is 1. The number of fused-ring (bicyclic) bond motifs is 1. The molecule has 170 valence electrons. The number of hydrogen-bond acceptors (Lipinski definition) is 7. The first-order valence-corrected chi connectivity index (χ1v) is 11.3. The third-order valence-corrected chi connectivity index (χ3v) is 9.20. The number of carbonyl (C=O) groups excluding carboxylic acids is 3. The van der Waals surface area contributed by atoms with Gasteiger partial charge >= 0.3 is 12.1 Å². The number of esters is 1. The van der Waals surface area contributed by atoms with Crippen LogP contribution in [0.25, 0.3) is 0 Å². The fourth-order valence-corrected chi connectivity index (χ4v) is 8.50. The van der Waals surface area contributed by atoms with Gasteiger partial charge in [0, 0.05) is 24.9 Å². The maximum Gasteiger partial charge on any atom is 0.415 e. The summed E-state index contributed by atoms with van der Waals surface area (Å²) in [6, 6.07) is 5.63. The standard InChI is InChI=1S/C24H28N2O6/c1-30-17-7-4-6-14-18(17)26(21(29)32-3)23(20(28)31-2)10-9-22-8-5-11-25-13-15(16(27)12-22)24(14,23)19(22)25/h4,6-7,15,19H,5,8-13H2,1-3H3/t15?,19-,22+,23+,24-/m0/s1. The SMILES string of the molecule is COC(=O)N1c2c(OC)cccc2[C@@]23C4CN5CCC[C@@](CC[C@]12C(=O)OC)(CC4=O)[C@H]53. The minimum Gasteiger partial charge on any atom is -0.495 e. The highest BCUT2D eigenvalue weighted by Crippen LogP contribution is 2.74. The zero-order valence-electron chi connectivity index (χ0n) is 18.7. The third-order valence-electron chi connectivity index (χ3n) is 9.20. The molecule has 4 fully saturated rings. The molecule has 32 heavy (non-hydrogen) atoms. The Hall–Kier alpha value is -2.61. The van der Waals surface area contributed by atoms with Crippen LogP contribution in [0, 0.1) is 11.3 Å². The van der Waals surface area contributed by atoms with Crippen LogP contribution in [0.1, 0.15) is 37.7 Å². The molecule has 1 unspecified atom stereocenters. The normalized spacial score (nSPS) is 38.7. The molecule has 1 aromatic carbocycles. The van der Waals surface area contributed by atoms with Gasteiger partial charge in [-0.1, -0.05) is 12.1 Å². The highest BCUT2D eigenvalue weighted by Gasteiger charge is 2.84. The molecule has 2 saturated heterocycles. The number of rotatable bonds is 2. The van der Waals surface area contributed by atoms with Gasteiger partial charge in [0.1, 0.15) is 11.5 Å². The van der Waals surface area contributed by atoms with E-state index < -0.39 is 28.9 Å². The Bertz CT molecular complexity index is 1060. The van der Waals surface area contributed by atoms with E-state index in [-0.39, 0.29) is 17.2 Å². The topological polar surface area (TPSA) is 85.4 Å². The molecule has 5 atom stereocenters. The zero-order valence-corrected chi connectivity index (χ0v) is 18.7. The smallest absolute Gasteiger partial charge is 0.415 e. The summed E-state index contributed by atoms with van der Waals surface area (Å²) < 4.78 is 16.4. The Morgan fingerprint density at radius 2 is 1.91 bits per heavy atom. The molecule has 2 aliphatic carbocycles. The largest absolute Gasteiger partial charge is 0.495 e. The van der Waals surface area contributed by atoms with Crippen molar-refractivity contribution in [2.75, 3.05) is 39.3 Å². The van der Waals surface area contributed by atoms with E-state index >= 15 is 0 Å². The molecule has 6 rings (SSSR count). The van der Waals surface area contributed by atoms with Gasteiger partial charge in [-0.2, -0.15) is 0 Å². The molecule has 1 aromatic rings.